The van der Waals surface area contributed by atoms with E-state index in [0.717, 1.165) is 5.82 Å². The molecule has 19 heavy (non-hydrogen) atoms. The van der Waals surface area contributed by atoms with E-state index in [4.69, 9.17) is 10.5 Å². The van der Waals surface area contributed by atoms with Crippen molar-refractivity contribution in [2.45, 2.75) is 25.6 Å². The number of aliphatic hydroxyl groups excluding tert-OH is 1. The molecule has 0 bridgehead atoms. The summed E-state index contributed by atoms with van der Waals surface area (Å²) in [5.41, 5.74) is 5.36. The Bertz CT molecular complexity index is 452. The largest absolute Gasteiger partial charge is 0.394 e. The third-order valence-electron chi connectivity index (χ3n) is 3.00. The summed E-state index contributed by atoms with van der Waals surface area (Å²) in [5.74, 6) is 1.64. The van der Waals surface area contributed by atoms with E-state index in [9.17, 15) is 5.11 Å². The van der Waals surface area contributed by atoms with Gasteiger partial charge < -0.3 is 25.8 Å². The van der Waals surface area contributed by atoms with Crippen molar-refractivity contribution in [1.82, 2.24) is 9.97 Å². The Morgan fingerprint density at radius 1 is 1.58 bits per heavy atom. The lowest BCUT2D eigenvalue weighted by molar-refractivity contribution is -0.101. The molecule has 7 heteroatoms. The molecule has 0 saturated carbocycles. The Morgan fingerprint density at radius 2 is 2.32 bits per heavy atom. The van der Waals surface area contributed by atoms with Gasteiger partial charge in [0.05, 0.1) is 18.3 Å². The summed E-state index contributed by atoms with van der Waals surface area (Å²) in [7, 11) is 1.78. The summed E-state index contributed by atoms with van der Waals surface area (Å²) in [6, 6.07) is 1.84. The fourth-order valence-electron chi connectivity index (χ4n) is 2.31. The van der Waals surface area contributed by atoms with Crippen LogP contribution in [0.2, 0.25) is 0 Å². The SMILES string of the molecule is CNc1cc(N2CC(CO)OC(C)(C)C2)nc(N)n1. The Morgan fingerprint density at radius 3 is 2.95 bits per heavy atom. The van der Waals surface area contributed by atoms with Crippen molar-refractivity contribution in [1.29, 1.82) is 0 Å². The number of morpholine rings is 1. The van der Waals surface area contributed by atoms with E-state index < -0.39 is 0 Å². The van der Waals surface area contributed by atoms with Gasteiger partial charge in [0.25, 0.3) is 0 Å². The van der Waals surface area contributed by atoms with E-state index in [-0.39, 0.29) is 24.3 Å². The lowest BCUT2D eigenvalue weighted by Gasteiger charge is -2.42. The van der Waals surface area contributed by atoms with Gasteiger partial charge in [0.1, 0.15) is 11.6 Å². The molecule has 1 fully saturated rings. The van der Waals surface area contributed by atoms with Crippen LogP contribution in [-0.2, 0) is 4.74 Å². The number of hydrogen-bond donors (Lipinski definition) is 3. The molecule has 1 saturated heterocycles. The van der Waals surface area contributed by atoms with E-state index in [2.05, 4.69) is 20.2 Å². The van der Waals surface area contributed by atoms with E-state index in [1.165, 1.54) is 0 Å². The number of hydrogen-bond acceptors (Lipinski definition) is 7. The molecule has 2 rings (SSSR count). The number of aromatic nitrogens is 2. The monoisotopic (exact) mass is 267 g/mol. The van der Waals surface area contributed by atoms with Crippen LogP contribution < -0.4 is 16.0 Å². The summed E-state index contributed by atoms with van der Waals surface area (Å²) in [6.45, 7) is 5.23. The fourth-order valence-corrected chi connectivity index (χ4v) is 2.31. The van der Waals surface area contributed by atoms with Crippen LogP contribution >= 0.6 is 0 Å². The van der Waals surface area contributed by atoms with Crippen LogP contribution in [0.15, 0.2) is 6.07 Å². The number of nitrogens with two attached hydrogens (primary N) is 1. The predicted molar refractivity (Wildman–Crippen MR) is 74.2 cm³/mol. The summed E-state index contributed by atoms with van der Waals surface area (Å²) in [5, 5.41) is 12.3. The fraction of sp³-hybridized carbons (Fsp3) is 0.667. The number of nitrogen functional groups attached to an aromatic ring is 1. The topological polar surface area (TPSA) is 96.5 Å². The van der Waals surface area contributed by atoms with Crippen molar-refractivity contribution in [3.05, 3.63) is 6.07 Å². The Labute approximate surface area is 112 Å². The van der Waals surface area contributed by atoms with Gasteiger partial charge >= 0.3 is 0 Å². The van der Waals surface area contributed by atoms with Gasteiger partial charge in [-0.3, -0.25) is 0 Å². The van der Waals surface area contributed by atoms with Crippen LogP contribution in [0, 0.1) is 0 Å². The molecule has 0 aliphatic carbocycles. The van der Waals surface area contributed by atoms with Crippen LogP contribution in [-0.4, -0.2) is 53.5 Å². The van der Waals surface area contributed by atoms with Crippen molar-refractivity contribution in [2.24, 2.45) is 0 Å². The first-order valence-corrected chi connectivity index (χ1v) is 6.29. The average molecular weight is 267 g/mol. The molecular weight excluding hydrogens is 246 g/mol. The van der Waals surface area contributed by atoms with Gasteiger partial charge in [-0.15, -0.1) is 0 Å². The summed E-state index contributed by atoms with van der Waals surface area (Å²) >= 11 is 0. The first kappa shape index (κ1) is 13.8. The van der Waals surface area contributed by atoms with E-state index >= 15 is 0 Å². The maximum absolute atomic E-state index is 9.32. The zero-order valence-corrected chi connectivity index (χ0v) is 11.6. The first-order valence-electron chi connectivity index (χ1n) is 6.29. The normalized spacial score (nSPS) is 22.3. The molecule has 1 aromatic rings. The summed E-state index contributed by atoms with van der Waals surface area (Å²) in [6.07, 6.45) is -0.224. The zero-order valence-electron chi connectivity index (χ0n) is 11.6. The van der Waals surface area contributed by atoms with Gasteiger partial charge in [-0.05, 0) is 13.8 Å². The molecule has 1 aliphatic heterocycles. The van der Waals surface area contributed by atoms with Gasteiger partial charge in [-0.1, -0.05) is 0 Å². The number of rotatable bonds is 3. The molecular formula is C12H21N5O2. The molecule has 4 N–H and O–H groups in total. The molecule has 1 unspecified atom stereocenters. The first-order chi connectivity index (χ1) is 8.93. The third kappa shape index (κ3) is 3.24. The second kappa shape index (κ2) is 5.18. The highest BCUT2D eigenvalue weighted by Gasteiger charge is 2.33. The quantitative estimate of drug-likeness (QED) is 0.713. The average Bonchev–Trinajstić information content (AvgIpc) is 2.36. The van der Waals surface area contributed by atoms with Crippen LogP contribution in [0.3, 0.4) is 0 Å². The molecule has 2 heterocycles. The highest BCUT2D eigenvalue weighted by molar-refractivity contribution is 5.52. The Kier molecular flexibility index (Phi) is 3.77. The van der Waals surface area contributed by atoms with Crippen LogP contribution in [0.1, 0.15) is 13.8 Å². The maximum Gasteiger partial charge on any atom is 0.223 e. The second-order valence-electron chi connectivity index (χ2n) is 5.28. The number of anilines is 3. The molecule has 0 amide bonds. The van der Waals surface area contributed by atoms with E-state index in [1.54, 1.807) is 7.05 Å². The van der Waals surface area contributed by atoms with Crippen LogP contribution in [0.25, 0.3) is 0 Å². The standard InChI is InChI=1S/C12H21N5O2/c1-12(2)7-17(5-8(6-18)19-12)10-4-9(14-3)15-11(13)16-10/h4,8,18H,5-7H2,1-3H3,(H3,13,14,15,16). The van der Waals surface area contributed by atoms with Crippen molar-refractivity contribution in [2.75, 3.05) is 42.7 Å². The molecule has 106 valence electrons. The number of nitrogens with zero attached hydrogens (tertiary/aromatic N) is 3. The van der Waals surface area contributed by atoms with Crippen LogP contribution in [0.5, 0.6) is 0 Å². The number of ether oxygens (including phenoxy) is 1. The zero-order chi connectivity index (χ0) is 14.0. The van der Waals surface area contributed by atoms with Gasteiger partial charge in [0.15, 0.2) is 0 Å². The highest BCUT2D eigenvalue weighted by Crippen LogP contribution is 2.26. The number of aliphatic hydroxyl groups is 1. The van der Waals surface area contributed by atoms with Crippen molar-refractivity contribution in [3.8, 4) is 0 Å². The number of nitrogens with one attached hydrogen (secondary N) is 1. The maximum atomic E-state index is 9.32. The Hall–Kier alpha value is -1.60. The predicted octanol–water partition coefficient (Wildman–Crippen LogP) is 0.0766. The van der Waals surface area contributed by atoms with Gasteiger partial charge in [0.2, 0.25) is 5.95 Å². The summed E-state index contributed by atoms with van der Waals surface area (Å²) < 4.78 is 5.78. The van der Waals surface area contributed by atoms with Gasteiger partial charge in [-0.2, -0.15) is 9.97 Å². The molecule has 0 spiro atoms. The third-order valence-corrected chi connectivity index (χ3v) is 3.00. The lowest BCUT2D eigenvalue weighted by atomic mass is 10.1. The second-order valence-corrected chi connectivity index (χ2v) is 5.28. The minimum atomic E-state index is -0.342. The molecule has 1 aliphatic rings. The van der Waals surface area contributed by atoms with Gasteiger partial charge in [-0.25, -0.2) is 0 Å². The molecule has 0 aromatic carbocycles. The lowest BCUT2D eigenvalue weighted by Crippen LogP contribution is -2.54. The van der Waals surface area contributed by atoms with E-state index in [0.29, 0.717) is 18.9 Å². The van der Waals surface area contributed by atoms with Crippen molar-refractivity contribution in [3.63, 3.8) is 0 Å². The van der Waals surface area contributed by atoms with Crippen molar-refractivity contribution >= 4 is 17.6 Å². The minimum absolute atomic E-state index is 0.0145. The minimum Gasteiger partial charge on any atom is -0.394 e. The smallest absolute Gasteiger partial charge is 0.223 e. The summed E-state index contributed by atoms with van der Waals surface area (Å²) in [4.78, 5) is 10.4. The molecule has 1 aromatic heterocycles. The van der Waals surface area contributed by atoms with Crippen molar-refractivity contribution < 1.29 is 9.84 Å². The Balaban J connectivity index is 2.27. The molecule has 1 atom stereocenters. The van der Waals surface area contributed by atoms with Crippen LogP contribution in [0.4, 0.5) is 17.6 Å². The molecule has 0 radical (unpaired) electrons. The van der Waals surface area contributed by atoms with E-state index in [1.807, 2.05) is 19.9 Å². The highest BCUT2D eigenvalue weighted by atomic mass is 16.5. The van der Waals surface area contributed by atoms with Gasteiger partial charge in [0, 0.05) is 26.2 Å². The molecule has 7 nitrogen and oxygen atoms in total.